The van der Waals surface area contributed by atoms with Crippen LogP contribution in [0.3, 0.4) is 0 Å². The van der Waals surface area contributed by atoms with Crippen molar-refractivity contribution in [1.29, 1.82) is 5.26 Å². The number of carbonyl (C=O) groups excluding carboxylic acids is 1. The number of nitriles is 1. The highest BCUT2D eigenvalue weighted by atomic mass is 19.1. The Bertz CT molecular complexity index is 1520. The molecule has 0 amide bonds. The molecule has 37 heavy (non-hydrogen) atoms. The van der Waals surface area contributed by atoms with E-state index in [-0.39, 0.29) is 34.3 Å². The SMILES string of the molecule is CC(=O)n1c(C)cc2c(F)c(Oc3ncnc(Nc4ccc(N5CCN(C)CC5)cc4)c3C#N)ccc21. The number of rotatable bonds is 5. The lowest BCUT2D eigenvalue weighted by Crippen LogP contribution is -2.44. The van der Waals surface area contributed by atoms with Gasteiger partial charge >= 0.3 is 0 Å². The maximum atomic E-state index is 15.3. The summed E-state index contributed by atoms with van der Waals surface area (Å²) in [5.74, 6) is -0.784. The van der Waals surface area contributed by atoms with Gasteiger partial charge in [0.25, 0.3) is 0 Å². The van der Waals surface area contributed by atoms with E-state index >= 15 is 4.39 Å². The third kappa shape index (κ3) is 4.69. The van der Waals surface area contributed by atoms with Gasteiger partial charge in [-0.05, 0) is 56.4 Å². The third-order valence-corrected chi connectivity index (χ3v) is 6.51. The Morgan fingerprint density at radius 2 is 1.84 bits per heavy atom. The number of piperazine rings is 1. The number of nitrogens with one attached hydrogen (secondary N) is 1. The molecule has 9 nitrogen and oxygen atoms in total. The quantitative estimate of drug-likeness (QED) is 0.422. The largest absolute Gasteiger partial charge is 0.434 e. The molecule has 0 saturated carbocycles. The fourth-order valence-corrected chi connectivity index (χ4v) is 4.56. The van der Waals surface area contributed by atoms with Crippen molar-refractivity contribution in [3.8, 4) is 17.7 Å². The zero-order valence-corrected chi connectivity index (χ0v) is 20.8. The van der Waals surface area contributed by atoms with Gasteiger partial charge in [0.15, 0.2) is 22.9 Å². The van der Waals surface area contributed by atoms with Crippen LogP contribution in [0.5, 0.6) is 11.6 Å². The van der Waals surface area contributed by atoms with Crippen LogP contribution in [0.25, 0.3) is 10.9 Å². The smallest absolute Gasteiger partial charge is 0.242 e. The van der Waals surface area contributed by atoms with Gasteiger partial charge in [-0.2, -0.15) is 5.26 Å². The van der Waals surface area contributed by atoms with E-state index in [1.807, 2.05) is 24.3 Å². The Morgan fingerprint density at radius 3 is 2.51 bits per heavy atom. The van der Waals surface area contributed by atoms with Gasteiger partial charge < -0.3 is 19.9 Å². The number of nitrogens with zero attached hydrogens (tertiary/aromatic N) is 6. The van der Waals surface area contributed by atoms with Gasteiger partial charge in [0.05, 0.1) is 5.52 Å². The lowest BCUT2D eigenvalue weighted by atomic mass is 10.2. The van der Waals surface area contributed by atoms with Gasteiger partial charge in [-0.25, -0.2) is 14.4 Å². The summed E-state index contributed by atoms with van der Waals surface area (Å²) in [5, 5.41) is 13.2. The lowest BCUT2D eigenvalue weighted by molar-refractivity contribution is 0.0939. The predicted molar refractivity (Wildman–Crippen MR) is 139 cm³/mol. The van der Waals surface area contributed by atoms with Crippen LogP contribution in [-0.4, -0.2) is 58.6 Å². The van der Waals surface area contributed by atoms with Crippen LogP contribution in [0.2, 0.25) is 0 Å². The second kappa shape index (κ2) is 9.87. The van der Waals surface area contributed by atoms with E-state index in [4.69, 9.17) is 4.74 Å². The molecule has 1 aliphatic heterocycles. The monoisotopic (exact) mass is 499 g/mol. The molecule has 188 valence electrons. The average molecular weight is 500 g/mol. The Morgan fingerprint density at radius 1 is 1.11 bits per heavy atom. The van der Waals surface area contributed by atoms with Gasteiger partial charge in [0.1, 0.15) is 12.4 Å². The second-order valence-corrected chi connectivity index (χ2v) is 9.03. The van der Waals surface area contributed by atoms with Crippen LogP contribution >= 0.6 is 0 Å². The molecule has 3 heterocycles. The molecule has 5 rings (SSSR count). The highest BCUT2D eigenvalue weighted by Crippen LogP contribution is 2.34. The third-order valence-electron chi connectivity index (χ3n) is 6.51. The average Bonchev–Trinajstić information content (AvgIpc) is 3.24. The fraction of sp³-hybridized carbons (Fsp3) is 0.259. The number of hydrogen-bond donors (Lipinski definition) is 1. The van der Waals surface area contributed by atoms with Gasteiger partial charge in [-0.3, -0.25) is 9.36 Å². The summed E-state index contributed by atoms with van der Waals surface area (Å²) >= 11 is 0. The summed E-state index contributed by atoms with van der Waals surface area (Å²) in [6.45, 7) is 7.13. The van der Waals surface area contributed by atoms with Crippen molar-refractivity contribution in [2.24, 2.45) is 0 Å². The summed E-state index contributed by atoms with van der Waals surface area (Å²) in [4.78, 5) is 24.9. The van der Waals surface area contributed by atoms with E-state index in [1.54, 1.807) is 19.1 Å². The molecule has 0 spiro atoms. The van der Waals surface area contributed by atoms with Crippen molar-refractivity contribution < 1.29 is 13.9 Å². The molecule has 1 aliphatic rings. The van der Waals surface area contributed by atoms with Crippen molar-refractivity contribution in [2.75, 3.05) is 43.4 Å². The Kier molecular flexibility index (Phi) is 6.46. The summed E-state index contributed by atoms with van der Waals surface area (Å²) in [6.07, 6.45) is 1.25. The molecule has 10 heteroatoms. The van der Waals surface area contributed by atoms with Gasteiger partial charge in [-0.1, -0.05) is 0 Å². The Labute approximate surface area is 213 Å². The fourth-order valence-electron chi connectivity index (χ4n) is 4.56. The molecule has 2 aromatic carbocycles. The van der Waals surface area contributed by atoms with Crippen LogP contribution in [0, 0.1) is 24.1 Å². The van der Waals surface area contributed by atoms with Crippen molar-refractivity contribution >= 4 is 34.0 Å². The van der Waals surface area contributed by atoms with E-state index in [0.717, 1.165) is 37.6 Å². The van der Waals surface area contributed by atoms with E-state index < -0.39 is 5.82 Å². The number of halogens is 1. The summed E-state index contributed by atoms with van der Waals surface area (Å²) in [5.41, 5.74) is 2.98. The second-order valence-electron chi connectivity index (χ2n) is 9.03. The van der Waals surface area contributed by atoms with Crippen molar-refractivity contribution in [2.45, 2.75) is 13.8 Å². The number of carbonyl (C=O) groups is 1. The molecular formula is C27H26FN7O2. The van der Waals surface area contributed by atoms with Crippen LogP contribution in [0.1, 0.15) is 23.0 Å². The molecule has 0 bridgehead atoms. The maximum absolute atomic E-state index is 15.3. The number of fused-ring (bicyclic) bond motifs is 1. The van der Waals surface area contributed by atoms with E-state index in [1.165, 1.54) is 23.9 Å². The van der Waals surface area contributed by atoms with Crippen LogP contribution < -0.4 is 15.0 Å². The molecule has 0 radical (unpaired) electrons. The van der Waals surface area contributed by atoms with Crippen molar-refractivity contribution in [3.63, 3.8) is 0 Å². The Hall–Kier alpha value is -4.49. The molecule has 4 aromatic rings. The topological polar surface area (TPSA) is 99.3 Å². The molecular weight excluding hydrogens is 473 g/mol. The van der Waals surface area contributed by atoms with E-state index in [2.05, 4.69) is 38.2 Å². The highest BCUT2D eigenvalue weighted by molar-refractivity contribution is 5.93. The minimum absolute atomic E-state index is 0.0441. The van der Waals surface area contributed by atoms with E-state index in [9.17, 15) is 10.1 Å². The summed E-state index contributed by atoms with van der Waals surface area (Å²) in [6, 6.07) is 14.6. The molecule has 1 saturated heterocycles. The maximum Gasteiger partial charge on any atom is 0.242 e. The van der Waals surface area contributed by atoms with Crippen molar-refractivity contribution in [3.05, 3.63) is 65.9 Å². The zero-order chi connectivity index (χ0) is 26.1. The first-order chi connectivity index (χ1) is 17.9. The number of hydrogen-bond acceptors (Lipinski definition) is 8. The first kappa shape index (κ1) is 24.2. The molecule has 2 aromatic heterocycles. The number of anilines is 3. The van der Waals surface area contributed by atoms with Crippen molar-refractivity contribution in [1.82, 2.24) is 19.4 Å². The summed E-state index contributed by atoms with van der Waals surface area (Å²) < 4.78 is 22.5. The number of likely N-dealkylation sites (N-methyl/N-ethyl adjacent to an activating group) is 1. The minimum atomic E-state index is -0.642. The van der Waals surface area contributed by atoms with Gasteiger partial charge in [-0.15, -0.1) is 0 Å². The van der Waals surface area contributed by atoms with Crippen LogP contribution in [0.4, 0.5) is 21.6 Å². The molecule has 0 atom stereocenters. The number of aryl methyl sites for hydroxylation is 1. The standard InChI is InChI=1S/C27H26FN7O2/c1-17-14-21-23(35(17)18(2)36)8-9-24(25(21)28)37-27-22(15-29)26(30-16-31-27)32-19-4-6-20(7-5-19)34-12-10-33(3)11-13-34/h4-9,14,16H,10-13H2,1-3H3,(H,30,31,32). The Balaban J connectivity index is 1.39. The van der Waals surface area contributed by atoms with E-state index in [0.29, 0.717) is 11.2 Å². The van der Waals surface area contributed by atoms with Gasteiger partial charge in [0, 0.05) is 55.6 Å². The normalized spacial score (nSPS) is 14.0. The molecule has 0 unspecified atom stereocenters. The zero-order valence-electron chi connectivity index (χ0n) is 20.8. The highest BCUT2D eigenvalue weighted by Gasteiger charge is 2.20. The first-order valence-corrected chi connectivity index (χ1v) is 11.9. The lowest BCUT2D eigenvalue weighted by Gasteiger charge is -2.34. The molecule has 0 aliphatic carbocycles. The first-order valence-electron chi connectivity index (χ1n) is 11.9. The number of benzene rings is 2. The van der Waals surface area contributed by atoms with Crippen LogP contribution in [0.15, 0.2) is 48.8 Å². The number of ether oxygens (including phenoxy) is 1. The number of aromatic nitrogens is 3. The summed E-state index contributed by atoms with van der Waals surface area (Å²) in [7, 11) is 2.12. The minimum Gasteiger partial charge on any atom is -0.434 e. The van der Waals surface area contributed by atoms with Gasteiger partial charge in [0.2, 0.25) is 11.8 Å². The molecule has 1 fully saturated rings. The predicted octanol–water partition coefficient (Wildman–Crippen LogP) is 4.70. The van der Waals surface area contributed by atoms with Crippen LogP contribution in [-0.2, 0) is 0 Å². The molecule has 1 N–H and O–H groups in total.